The largest absolute Gasteiger partial charge is 0.297 e. The lowest BCUT2D eigenvalue weighted by molar-refractivity contribution is 0.389. The van der Waals surface area contributed by atoms with Gasteiger partial charge >= 0.3 is 0 Å². The number of nitrogens with one attached hydrogen (secondary N) is 2. The Morgan fingerprint density at radius 2 is 1.75 bits per heavy atom. The molecule has 0 saturated carbocycles. The fraction of sp³-hybridized carbons (Fsp3) is 0.444. The summed E-state index contributed by atoms with van der Waals surface area (Å²) >= 11 is 0. The summed E-state index contributed by atoms with van der Waals surface area (Å²) < 4.78 is 25.7. The molecule has 2 N–H and O–H groups in total. The van der Waals surface area contributed by atoms with Gasteiger partial charge in [-0.15, -0.1) is 6.58 Å². The van der Waals surface area contributed by atoms with Crippen molar-refractivity contribution in [1.82, 2.24) is 14.9 Å². The first-order valence-electron chi connectivity index (χ1n) is 8.43. The van der Waals surface area contributed by atoms with Crippen LogP contribution in [0.4, 0.5) is 0 Å². The topological polar surface area (TPSA) is 61.4 Å². The number of rotatable bonds is 5. The van der Waals surface area contributed by atoms with Crippen LogP contribution in [0.3, 0.4) is 0 Å². The second kappa shape index (κ2) is 7.61. The van der Waals surface area contributed by atoms with E-state index in [4.69, 9.17) is 0 Å². The molecule has 6 heteroatoms. The molecule has 0 spiro atoms. The number of hydrogen-bond acceptors (Lipinski definition) is 4. The van der Waals surface area contributed by atoms with Gasteiger partial charge in [0, 0.05) is 26.2 Å². The van der Waals surface area contributed by atoms with E-state index in [0.29, 0.717) is 13.1 Å². The summed E-state index contributed by atoms with van der Waals surface area (Å²) in [5.41, 5.74) is 3.74. The van der Waals surface area contributed by atoms with Crippen molar-refractivity contribution in [2.24, 2.45) is 0 Å². The Labute approximate surface area is 144 Å². The van der Waals surface area contributed by atoms with Gasteiger partial charge in [-0.05, 0) is 24.0 Å². The Bertz CT molecular complexity index is 694. The standard InChI is InChI=1S/C18H25N3O2S/c1-2-13-24(22,23)21-11-7-16(8-12-21)14-15-3-5-17(6-4-15)18-19-9-10-20-18/h2-6,14,18-20H,1,7-13H2. The minimum Gasteiger partial charge on any atom is -0.297 e. The average Bonchev–Trinajstić information content (AvgIpc) is 3.10. The van der Waals surface area contributed by atoms with Crippen molar-refractivity contribution in [2.45, 2.75) is 19.0 Å². The van der Waals surface area contributed by atoms with Crippen molar-refractivity contribution in [1.29, 1.82) is 0 Å². The quantitative estimate of drug-likeness (QED) is 0.799. The minimum atomic E-state index is -3.17. The van der Waals surface area contributed by atoms with Crippen LogP contribution in [0.25, 0.3) is 6.08 Å². The molecule has 1 aromatic carbocycles. The van der Waals surface area contributed by atoms with Gasteiger partial charge in [0.25, 0.3) is 0 Å². The van der Waals surface area contributed by atoms with Crippen LogP contribution >= 0.6 is 0 Å². The maximum atomic E-state index is 12.0. The van der Waals surface area contributed by atoms with E-state index in [1.807, 2.05) is 0 Å². The predicted octanol–water partition coefficient (Wildman–Crippen LogP) is 1.87. The molecule has 0 aromatic heterocycles. The number of benzene rings is 1. The third kappa shape index (κ3) is 4.13. The highest BCUT2D eigenvalue weighted by atomic mass is 32.2. The number of hydrogen-bond donors (Lipinski definition) is 2. The first kappa shape index (κ1) is 17.4. The van der Waals surface area contributed by atoms with E-state index in [1.165, 1.54) is 22.8 Å². The minimum absolute atomic E-state index is 0.0246. The third-order valence-corrected chi connectivity index (χ3v) is 6.36. The molecule has 24 heavy (non-hydrogen) atoms. The van der Waals surface area contributed by atoms with E-state index in [2.05, 4.69) is 47.6 Å². The summed E-state index contributed by atoms with van der Waals surface area (Å²) in [5.74, 6) is 0.0246. The van der Waals surface area contributed by atoms with Crippen molar-refractivity contribution in [3.05, 3.63) is 53.6 Å². The zero-order chi connectivity index (χ0) is 17.0. The zero-order valence-electron chi connectivity index (χ0n) is 13.9. The van der Waals surface area contributed by atoms with Crippen LogP contribution in [0.1, 0.15) is 30.1 Å². The van der Waals surface area contributed by atoms with E-state index < -0.39 is 10.0 Å². The molecule has 130 valence electrons. The molecule has 3 rings (SSSR count). The van der Waals surface area contributed by atoms with Crippen molar-refractivity contribution < 1.29 is 8.42 Å². The maximum Gasteiger partial charge on any atom is 0.217 e. The average molecular weight is 347 g/mol. The third-order valence-electron chi connectivity index (χ3n) is 4.55. The molecule has 0 radical (unpaired) electrons. The fourth-order valence-electron chi connectivity index (χ4n) is 3.21. The van der Waals surface area contributed by atoms with Gasteiger partial charge in [-0.25, -0.2) is 12.7 Å². The second-order valence-electron chi connectivity index (χ2n) is 6.28. The molecular weight excluding hydrogens is 322 g/mol. The molecule has 2 aliphatic rings. The smallest absolute Gasteiger partial charge is 0.217 e. The van der Waals surface area contributed by atoms with Crippen molar-refractivity contribution in [3.8, 4) is 0 Å². The second-order valence-corrected chi connectivity index (χ2v) is 8.29. The molecule has 2 heterocycles. The molecular formula is C18H25N3O2S. The van der Waals surface area contributed by atoms with Crippen molar-refractivity contribution >= 4 is 16.1 Å². The van der Waals surface area contributed by atoms with Gasteiger partial charge in [0.2, 0.25) is 10.0 Å². The molecule has 0 atom stereocenters. The van der Waals surface area contributed by atoms with E-state index in [0.717, 1.165) is 25.9 Å². The van der Waals surface area contributed by atoms with Crippen LogP contribution in [0.2, 0.25) is 0 Å². The molecule has 2 saturated heterocycles. The first-order chi connectivity index (χ1) is 11.6. The molecule has 1 aromatic rings. The van der Waals surface area contributed by atoms with Crippen molar-refractivity contribution in [2.75, 3.05) is 31.9 Å². The summed E-state index contributed by atoms with van der Waals surface area (Å²) in [6.07, 6.45) is 5.49. The van der Waals surface area contributed by atoms with Gasteiger partial charge in [0.05, 0.1) is 11.9 Å². The van der Waals surface area contributed by atoms with E-state index >= 15 is 0 Å². The van der Waals surface area contributed by atoms with Crippen LogP contribution in [-0.4, -0.2) is 44.7 Å². The monoisotopic (exact) mass is 347 g/mol. The number of sulfonamides is 1. The SMILES string of the molecule is C=CCS(=O)(=O)N1CCC(=Cc2ccc(C3NCCN3)cc2)CC1. The van der Waals surface area contributed by atoms with Gasteiger partial charge in [-0.2, -0.15) is 0 Å². The summed E-state index contributed by atoms with van der Waals surface area (Å²) in [6.45, 7) is 6.66. The lowest BCUT2D eigenvalue weighted by Gasteiger charge is -2.27. The number of nitrogens with zero attached hydrogens (tertiary/aromatic N) is 1. The van der Waals surface area contributed by atoms with Crippen molar-refractivity contribution in [3.63, 3.8) is 0 Å². The summed E-state index contributed by atoms with van der Waals surface area (Å²) in [4.78, 5) is 0. The predicted molar refractivity (Wildman–Crippen MR) is 98.0 cm³/mol. The molecule has 0 aliphatic carbocycles. The zero-order valence-corrected chi connectivity index (χ0v) is 14.7. The van der Waals surface area contributed by atoms with Crippen LogP contribution in [0.15, 0.2) is 42.5 Å². The summed E-state index contributed by atoms with van der Waals surface area (Å²) in [7, 11) is -3.17. The highest BCUT2D eigenvalue weighted by Gasteiger charge is 2.24. The fourth-order valence-corrected chi connectivity index (χ4v) is 4.46. The summed E-state index contributed by atoms with van der Waals surface area (Å²) in [5, 5.41) is 6.81. The Hall–Kier alpha value is -1.47. The van der Waals surface area contributed by atoms with Crippen LogP contribution < -0.4 is 10.6 Å². The number of piperidine rings is 1. The Morgan fingerprint density at radius 3 is 2.33 bits per heavy atom. The highest BCUT2D eigenvalue weighted by molar-refractivity contribution is 7.89. The Balaban J connectivity index is 1.60. The normalized spacial score (nSPS) is 20.2. The first-order valence-corrected chi connectivity index (χ1v) is 10.0. The van der Waals surface area contributed by atoms with E-state index in [9.17, 15) is 8.42 Å². The maximum absolute atomic E-state index is 12.0. The van der Waals surface area contributed by atoms with Gasteiger partial charge in [-0.1, -0.05) is 42.0 Å². The lowest BCUT2D eigenvalue weighted by atomic mass is 10.0. The highest BCUT2D eigenvalue weighted by Crippen LogP contribution is 2.22. The van der Waals surface area contributed by atoms with Gasteiger partial charge < -0.3 is 0 Å². The van der Waals surface area contributed by atoms with Crippen LogP contribution in [0.5, 0.6) is 0 Å². The van der Waals surface area contributed by atoms with E-state index in [1.54, 1.807) is 4.31 Å². The molecule has 0 amide bonds. The van der Waals surface area contributed by atoms with E-state index in [-0.39, 0.29) is 11.9 Å². The molecule has 0 bridgehead atoms. The molecule has 2 aliphatic heterocycles. The Morgan fingerprint density at radius 1 is 1.12 bits per heavy atom. The van der Waals surface area contributed by atoms with Crippen LogP contribution in [0, 0.1) is 0 Å². The lowest BCUT2D eigenvalue weighted by Crippen LogP contribution is -2.37. The van der Waals surface area contributed by atoms with Gasteiger partial charge in [-0.3, -0.25) is 10.6 Å². The van der Waals surface area contributed by atoms with Gasteiger partial charge in [0.1, 0.15) is 0 Å². The Kier molecular flexibility index (Phi) is 5.50. The van der Waals surface area contributed by atoms with Crippen LogP contribution in [-0.2, 0) is 10.0 Å². The molecule has 0 unspecified atom stereocenters. The van der Waals surface area contributed by atoms with Gasteiger partial charge in [0.15, 0.2) is 0 Å². The summed E-state index contributed by atoms with van der Waals surface area (Å²) in [6, 6.07) is 8.55. The molecule has 5 nitrogen and oxygen atoms in total. The molecule has 2 fully saturated rings.